The third-order valence-electron chi connectivity index (χ3n) is 4.35. The standard InChI is InChI=1S/C19H13N3/c1-22-10-15-16(11-22)19-12(6-4-8-20-19)14-9-21-17-7-3-2-5-13(17)18(14)15/h2-11H,1H3. The van der Waals surface area contributed by atoms with Crippen molar-refractivity contribution in [1.29, 1.82) is 0 Å². The van der Waals surface area contributed by atoms with Crippen LogP contribution in [0.1, 0.15) is 0 Å². The monoisotopic (exact) mass is 283 g/mol. The van der Waals surface area contributed by atoms with Crippen molar-refractivity contribution >= 4 is 43.4 Å². The minimum absolute atomic E-state index is 1.03. The minimum Gasteiger partial charge on any atom is -0.356 e. The van der Waals surface area contributed by atoms with Gasteiger partial charge < -0.3 is 4.57 Å². The molecule has 3 nitrogen and oxygen atoms in total. The van der Waals surface area contributed by atoms with E-state index in [1.54, 1.807) is 0 Å². The molecule has 0 N–H and O–H groups in total. The van der Waals surface area contributed by atoms with Crippen LogP contribution in [-0.2, 0) is 7.05 Å². The summed E-state index contributed by atoms with van der Waals surface area (Å²) in [6.07, 6.45) is 8.17. The van der Waals surface area contributed by atoms with E-state index in [2.05, 4.69) is 58.2 Å². The van der Waals surface area contributed by atoms with Crippen molar-refractivity contribution in [3.05, 3.63) is 61.2 Å². The maximum absolute atomic E-state index is 4.64. The molecule has 5 rings (SSSR count). The molecule has 22 heavy (non-hydrogen) atoms. The van der Waals surface area contributed by atoms with Crippen LogP contribution in [0.15, 0.2) is 61.2 Å². The van der Waals surface area contributed by atoms with Crippen LogP contribution >= 0.6 is 0 Å². The van der Waals surface area contributed by atoms with Gasteiger partial charge >= 0.3 is 0 Å². The zero-order valence-corrected chi connectivity index (χ0v) is 12.1. The minimum atomic E-state index is 1.03. The van der Waals surface area contributed by atoms with Gasteiger partial charge in [0.25, 0.3) is 0 Å². The molecule has 0 saturated carbocycles. The third kappa shape index (κ3) is 1.40. The molecule has 0 aliphatic heterocycles. The lowest BCUT2D eigenvalue weighted by Gasteiger charge is -2.08. The molecule has 3 aromatic heterocycles. The van der Waals surface area contributed by atoms with Gasteiger partial charge in [-0.25, -0.2) is 0 Å². The van der Waals surface area contributed by atoms with Crippen molar-refractivity contribution in [1.82, 2.24) is 14.5 Å². The molecule has 0 unspecified atom stereocenters. The molecule has 0 aliphatic carbocycles. The molecule has 0 bridgehead atoms. The highest BCUT2D eigenvalue weighted by Crippen LogP contribution is 2.37. The second-order valence-corrected chi connectivity index (χ2v) is 5.71. The van der Waals surface area contributed by atoms with Crippen LogP contribution in [0.4, 0.5) is 0 Å². The van der Waals surface area contributed by atoms with Crippen molar-refractivity contribution < 1.29 is 0 Å². The first-order valence-corrected chi connectivity index (χ1v) is 7.33. The first kappa shape index (κ1) is 11.7. The lowest BCUT2D eigenvalue weighted by atomic mass is 9.98. The third-order valence-corrected chi connectivity index (χ3v) is 4.35. The first-order valence-electron chi connectivity index (χ1n) is 7.33. The largest absolute Gasteiger partial charge is 0.356 e. The highest BCUT2D eigenvalue weighted by molar-refractivity contribution is 6.29. The Hall–Kier alpha value is -2.94. The van der Waals surface area contributed by atoms with Gasteiger partial charge in [0.2, 0.25) is 0 Å². The SMILES string of the molecule is Cn1cc2c(c1)c1c3ccccc3ncc1c1cccnc12. The Balaban J connectivity index is 2.23. The summed E-state index contributed by atoms with van der Waals surface area (Å²) >= 11 is 0. The van der Waals surface area contributed by atoms with Crippen molar-refractivity contribution in [3.63, 3.8) is 0 Å². The van der Waals surface area contributed by atoms with Crippen molar-refractivity contribution in [2.45, 2.75) is 0 Å². The first-order chi connectivity index (χ1) is 10.8. The number of pyridine rings is 2. The van der Waals surface area contributed by atoms with E-state index in [1.165, 1.54) is 26.9 Å². The number of rotatable bonds is 0. The molecule has 0 spiro atoms. The van der Waals surface area contributed by atoms with Crippen LogP contribution in [0.25, 0.3) is 43.4 Å². The predicted octanol–water partition coefficient (Wildman–Crippen LogP) is 4.43. The Kier molecular flexibility index (Phi) is 2.15. The smallest absolute Gasteiger partial charge is 0.0802 e. The van der Waals surface area contributed by atoms with Gasteiger partial charge in [-0.05, 0) is 12.1 Å². The topological polar surface area (TPSA) is 30.7 Å². The fourth-order valence-electron chi connectivity index (χ4n) is 3.44. The van der Waals surface area contributed by atoms with E-state index in [4.69, 9.17) is 0 Å². The van der Waals surface area contributed by atoms with Crippen LogP contribution in [0.5, 0.6) is 0 Å². The normalized spacial score (nSPS) is 11.9. The van der Waals surface area contributed by atoms with E-state index in [0.29, 0.717) is 0 Å². The Morgan fingerprint density at radius 3 is 2.55 bits per heavy atom. The van der Waals surface area contributed by atoms with Gasteiger partial charge in [0.1, 0.15) is 0 Å². The summed E-state index contributed by atoms with van der Waals surface area (Å²) in [4.78, 5) is 9.25. The molecule has 104 valence electrons. The van der Waals surface area contributed by atoms with E-state index in [1.807, 2.05) is 24.5 Å². The number of fused-ring (bicyclic) bond motifs is 8. The van der Waals surface area contributed by atoms with Gasteiger partial charge in [-0.3, -0.25) is 9.97 Å². The Morgan fingerprint density at radius 1 is 0.773 bits per heavy atom. The summed E-state index contributed by atoms with van der Waals surface area (Å²) < 4.78 is 2.10. The molecule has 0 radical (unpaired) electrons. The molecular formula is C19H13N3. The van der Waals surface area contributed by atoms with Gasteiger partial charge in [-0.15, -0.1) is 0 Å². The van der Waals surface area contributed by atoms with Crippen molar-refractivity contribution in [2.24, 2.45) is 7.05 Å². The van der Waals surface area contributed by atoms with Crippen LogP contribution in [0.3, 0.4) is 0 Å². The van der Waals surface area contributed by atoms with E-state index in [-0.39, 0.29) is 0 Å². The van der Waals surface area contributed by atoms with Crippen molar-refractivity contribution in [2.75, 3.05) is 0 Å². The van der Waals surface area contributed by atoms with Gasteiger partial charge in [0.05, 0.1) is 11.0 Å². The van der Waals surface area contributed by atoms with E-state index in [0.717, 1.165) is 16.4 Å². The average molecular weight is 283 g/mol. The van der Waals surface area contributed by atoms with E-state index >= 15 is 0 Å². The van der Waals surface area contributed by atoms with E-state index in [9.17, 15) is 0 Å². The summed E-state index contributed by atoms with van der Waals surface area (Å²) in [5.74, 6) is 0. The molecule has 3 heteroatoms. The zero-order chi connectivity index (χ0) is 14.7. The summed E-state index contributed by atoms with van der Waals surface area (Å²) in [5, 5.41) is 7.22. The second kappa shape index (κ2) is 4.04. The summed E-state index contributed by atoms with van der Waals surface area (Å²) in [6, 6.07) is 12.5. The highest BCUT2D eigenvalue weighted by atomic mass is 14.9. The number of nitrogens with zero attached hydrogens (tertiary/aromatic N) is 3. The summed E-state index contributed by atoms with van der Waals surface area (Å²) in [5.41, 5.74) is 2.08. The molecule has 5 aromatic rings. The van der Waals surface area contributed by atoms with E-state index < -0.39 is 0 Å². The number of aromatic nitrogens is 3. The average Bonchev–Trinajstić information content (AvgIpc) is 2.96. The quantitative estimate of drug-likeness (QED) is 0.394. The molecule has 0 fully saturated rings. The predicted molar refractivity (Wildman–Crippen MR) is 91.0 cm³/mol. The highest BCUT2D eigenvalue weighted by Gasteiger charge is 2.13. The number of para-hydroxylation sites is 1. The molecule has 3 heterocycles. The lowest BCUT2D eigenvalue weighted by Crippen LogP contribution is -1.86. The number of hydrogen-bond acceptors (Lipinski definition) is 2. The fraction of sp³-hybridized carbons (Fsp3) is 0.0526. The fourth-order valence-corrected chi connectivity index (χ4v) is 3.44. The number of hydrogen-bond donors (Lipinski definition) is 0. The number of benzene rings is 2. The van der Waals surface area contributed by atoms with Crippen LogP contribution in [0, 0.1) is 0 Å². The van der Waals surface area contributed by atoms with Gasteiger partial charge in [0, 0.05) is 64.2 Å². The summed E-state index contributed by atoms with van der Waals surface area (Å²) in [6.45, 7) is 0. The molecular weight excluding hydrogens is 270 g/mol. The Labute approximate surface area is 126 Å². The van der Waals surface area contributed by atoms with Crippen LogP contribution in [0.2, 0.25) is 0 Å². The molecule has 2 aromatic carbocycles. The Bertz CT molecular complexity index is 1180. The molecule has 0 aliphatic rings. The lowest BCUT2D eigenvalue weighted by molar-refractivity contribution is 0.934. The van der Waals surface area contributed by atoms with Gasteiger partial charge in [0.15, 0.2) is 0 Å². The van der Waals surface area contributed by atoms with Crippen LogP contribution in [-0.4, -0.2) is 14.5 Å². The molecule has 0 saturated heterocycles. The van der Waals surface area contributed by atoms with Crippen molar-refractivity contribution in [3.8, 4) is 0 Å². The number of aryl methyl sites for hydroxylation is 1. The van der Waals surface area contributed by atoms with Gasteiger partial charge in [-0.2, -0.15) is 0 Å². The molecule has 0 amide bonds. The van der Waals surface area contributed by atoms with Crippen LogP contribution < -0.4 is 0 Å². The molecule has 0 atom stereocenters. The Morgan fingerprint density at radius 2 is 1.59 bits per heavy atom. The second-order valence-electron chi connectivity index (χ2n) is 5.71. The maximum atomic E-state index is 4.64. The summed E-state index contributed by atoms with van der Waals surface area (Å²) in [7, 11) is 2.06. The zero-order valence-electron chi connectivity index (χ0n) is 12.1. The maximum Gasteiger partial charge on any atom is 0.0802 e. The van der Waals surface area contributed by atoms with Gasteiger partial charge in [-0.1, -0.05) is 24.3 Å².